The topological polar surface area (TPSA) is 37.7 Å². The second kappa shape index (κ2) is 7.54. The van der Waals surface area contributed by atoms with E-state index in [-0.39, 0.29) is 6.04 Å². The summed E-state index contributed by atoms with van der Waals surface area (Å²) in [6.45, 7) is 5.04. The Morgan fingerprint density at radius 1 is 1.10 bits per heavy atom. The number of aryl methyl sites for hydroxylation is 1. The van der Waals surface area contributed by atoms with Gasteiger partial charge in [0.2, 0.25) is 0 Å². The summed E-state index contributed by atoms with van der Waals surface area (Å²) in [5.41, 5.74) is 4.07. The first-order valence-corrected chi connectivity index (χ1v) is 9.96. The largest absolute Gasteiger partial charge is 0.522 e. The molecule has 0 radical (unpaired) electrons. The second-order valence-electron chi connectivity index (χ2n) is 8.42. The average Bonchev–Trinajstić information content (AvgIpc) is 2.71. The van der Waals surface area contributed by atoms with Crippen LogP contribution in [-0.4, -0.2) is 29.8 Å². The lowest BCUT2D eigenvalue weighted by atomic mass is 9.85. The molecule has 2 aromatic rings. The van der Waals surface area contributed by atoms with E-state index in [1.807, 2.05) is 12.1 Å². The van der Waals surface area contributed by atoms with Crippen LogP contribution in [0.1, 0.15) is 38.3 Å². The molecule has 1 aromatic heterocycles. The molecule has 2 aliphatic rings. The lowest BCUT2D eigenvalue weighted by Gasteiger charge is -2.33. The summed E-state index contributed by atoms with van der Waals surface area (Å²) in [7, 11) is 0. The summed E-state index contributed by atoms with van der Waals surface area (Å²) in [6, 6.07) is 8.33. The Morgan fingerprint density at radius 3 is 2.67 bits per heavy atom. The summed E-state index contributed by atoms with van der Waals surface area (Å²) in [5.74, 6) is 1.08. The molecule has 0 saturated heterocycles. The number of rotatable bonds is 4. The van der Waals surface area contributed by atoms with Gasteiger partial charge in [0.15, 0.2) is 0 Å². The molecular formula is C23H24F3N3O. The summed E-state index contributed by atoms with van der Waals surface area (Å²) in [4.78, 5) is 11.1. The Morgan fingerprint density at radius 2 is 1.90 bits per heavy atom. The lowest BCUT2D eigenvalue weighted by Crippen LogP contribution is -2.34. The third kappa shape index (κ3) is 4.26. The first kappa shape index (κ1) is 20.6. The number of nitrogens with zero attached hydrogens (tertiary/aromatic N) is 3. The van der Waals surface area contributed by atoms with Gasteiger partial charge in [0, 0.05) is 41.7 Å². The maximum Gasteiger partial charge on any atom is 0.522 e. The minimum atomic E-state index is -4.65. The Labute approximate surface area is 174 Å². The molecule has 0 spiro atoms. The van der Waals surface area contributed by atoms with Gasteiger partial charge in [0.25, 0.3) is 0 Å². The van der Waals surface area contributed by atoms with E-state index in [9.17, 15) is 13.2 Å². The SMILES string of the molecule is CC1C=CN2C(=N1)CCc1cc(-c3cncc(C(C)(C)COC(F)(F)F)c3)ccc12. The van der Waals surface area contributed by atoms with Gasteiger partial charge in [-0.15, -0.1) is 13.2 Å². The first-order chi connectivity index (χ1) is 14.1. The Kier molecular flexibility index (Phi) is 5.18. The zero-order valence-corrected chi connectivity index (χ0v) is 17.2. The molecule has 0 fully saturated rings. The van der Waals surface area contributed by atoms with Gasteiger partial charge in [0.1, 0.15) is 5.84 Å². The van der Waals surface area contributed by atoms with Crippen LogP contribution in [0.2, 0.25) is 0 Å². The van der Waals surface area contributed by atoms with Crippen molar-refractivity contribution in [3.63, 3.8) is 0 Å². The van der Waals surface area contributed by atoms with Crippen LogP contribution in [0.3, 0.4) is 0 Å². The van der Waals surface area contributed by atoms with Crippen LogP contribution < -0.4 is 4.90 Å². The summed E-state index contributed by atoms with van der Waals surface area (Å²) >= 11 is 0. The summed E-state index contributed by atoms with van der Waals surface area (Å²) in [6.07, 6.45) is 4.63. The highest BCUT2D eigenvalue weighted by atomic mass is 19.4. The fraction of sp³-hybridized carbons (Fsp3) is 0.391. The highest BCUT2D eigenvalue weighted by Gasteiger charge is 2.34. The van der Waals surface area contributed by atoms with Crippen molar-refractivity contribution in [3.05, 3.63) is 60.1 Å². The van der Waals surface area contributed by atoms with Crippen molar-refractivity contribution < 1.29 is 17.9 Å². The van der Waals surface area contributed by atoms with E-state index in [4.69, 9.17) is 4.99 Å². The first-order valence-electron chi connectivity index (χ1n) is 9.96. The monoisotopic (exact) mass is 415 g/mol. The number of pyridine rings is 1. The minimum Gasteiger partial charge on any atom is -0.306 e. The zero-order valence-electron chi connectivity index (χ0n) is 17.2. The Balaban J connectivity index is 1.61. The fourth-order valence-corrected chi connectivity index (χ4v) is 3.80. The number of benzene rings is 1. The molecule has 0 N–H and O–H groups in total. The Hall–Kier alpha value is -2.67. The van der Waals surface area contributed by atoms with E-state index in [0.717, 1.165) is 35.5 Å². The van der Waals surface area contributed by atoms with Crippen molar-refractivity contribution in [1.82, 2.24) is 4.98 Å². The Bertz CT molecular complexity index is 1010. The number of aliphatic imine (C=N–C) groups is 1. The summed E-state index contributed by atoms with van der Waals surface area (Å²) in [5, 5.41) is 0. The molecule has 1 atom stereocenters. The molecule has 0 bridgehead atoms. The number of fused-ring (bicyclic) bond motifs is 3. The minimum absolute atomic E-state index is 0.204. The van der Waals surface area contributed by atoms with Gasteiger partial charge in [-0.05, 0) is 54.3 Å². The van der Waals surface area contributed by atoms with Gasteiger partial charge >= 0.3 is 6.36 Å². The molecule has 158 valence electrons. The van der Waals surface area contributed by atoms with Crippen LogP contribution in [0.4, 0.5) is 18.9 Å². The number of hydrogen-bond acceptors (Lipinski definition) is 4. The van der Waals surface area contributed by atoms with Gasteiger partial charge in [-0.2, -0.15) is 0 Å². The number of ether oxygens (including phenoxy) is 1. The predicted octanol–water partition coefficient (Wildman–Crippen LogP) is 5.63. The number of aromatic nitrogens is 1. The third-order valence-electron chi connectivity index (χ3n) is 5.55. The molecular weight excluding hydrogens is 391 g/mol. The average molecular weight is 415 g/mol. The molecule has 7 heteroatoms. The highest BCUT2D eigenvalue weighted by Crippen LogP contribution is 2.35. The molecule has 1 unspecified atom stereocenters. The quantitative estimate of drug-likeness (QED) is 0.650. The molecule has 1 aromatic carbocycles. The standard InChI is InChI=1S/C23H24F3N3O/c1-15-8-9-29-20-6-4-16(10-17(20)5-7-21(29)28-15)18-11-19(13-27-12-18)22(2,3)14-30-23(24,25)26/h4,6,8-13,15H,5,7,14H2,1-3H3. The van der Waals surface area contributed by atoms with E-state index in [0.29, 0.717) is 5.56 Å². The molecule has 4 rings (SSSR count). The molecule has 4 nitrogen and oxygen atoms in total. The maximum absolute atomic E-state index is 12.5. The van der Waals surface area contributed by atoms with E-state index in [2.05, 4.69) is 46.0 Å². The van der Waals surface area contributed by atoms with Crippen molar-refractivity contribution in [2.45, 2.75) is 51.4 Å². The number of hydrogen-bond donors (Lipinski definition) is 0. The van der Waals surface area contributed by atoms with Gasteiger partial charge in [-0.1, -0.05) is 19.9 Å². The van der Waals surface area contributed by atoms with Gasteiger partial charge in [-0.3, -0.25) is 14.7 Å². The van der Waals surface area contributed by atoms with Crippen molar-refractivity contribution in [2.24, 2.45) is 4.99 Å². The van der Waals surface area contributed by atoms with Gasteiger partial charge in [-0.25, -0.2) is 0 Å². The normalized spacial score (nSPS) is 18.7. The molecule has 3 heterocycles. The van der Waals surface area contributed by atoms with E-state index in [1.54, 1.807) is 26.2 Å². The van der Waals surface area contributed by atoms with Crippen molar-refractivity contribution >= 4 is 11.5 Å². The molecule has 30 heavy (non-hydrogen) atoms. The number of amidine groups is 1. The van der Waals surface area contributed by atoms with E-state index >= 15 is 0 Å². The van der Waals surface area contributed by atoms with Crippen LogP contribution in [0.15, 0.2) is 53.9 Å². The van der Waals surface area contributed by atoms with Crippen LogP contribution in [0.5, 0.6) is 0 Å². The molecule has 0 aliphatic carbocycles. The van der Waals surface area contributed by atoms with Crippen molar-refractivity contribution in [2.75, 3.05) is 11.5 Å². The molecule has 2 aliphatic heterocycles. The van der Waals surface area contributed by atoms with Crippen LogP contribution in [0.25, 0.3) is 11.1 Å². The van der Waals surface area contributed by atoms with Crippen molar-refractivity contribution in [1.29, 1.82) is 0 Å². The number of alkyl halides is 3. The van der Waals surface area contributed by atoms with E-state index < -0.39 is 18.4 Å². The summed E-state index contributed by atoms with van der Waals surface area (Å²) < 4.78 is 41.5. The van der Waals surface area contributed by atoms with E-state index in [1.165, 1.54) is 5.56 Å². The molecule has 0 saturated carbocycles. The lowest BCUT2D eigenvalue weighted by molar-refractivity contribution is -0.329. The molecule has 0 amide bonds. The van der Waals surface area contributed by atoms with Crippen LogP contribution >= 0.6 is 0 Å². The van der Waals surface area contributed by atoms with Crippen molar-refractivity contribution in [3.8, 4) is 11.1 Å². The highest BCUT2D eigenvalue weighted by molar-refractivity contribution is 6.03. The van der Waals surface area contributed by atoms with Crippen LogP contribution in [0, 0.1) is 0 Å². The number of halogens is 3. The fourth-order valence-electron chi connectivity index (χ4n) is 3.80. The van der Waals surface area contributed by atoms with Gasteiger partial charge in [0.05, 0.1) is 12.6 Å². The van der Waals surface area contributed by atoms with Crippen LogP contribution in [-0.2, 0) is 16.6 Å². The van der Waals surface area contributed by atoms with Gasteiger partial charge < -0.3 is 4.90 Å². The third-order valence-corrected chi connectivity index (χ3v) is 5.55. The second-order valence-corrected chi connectivity index (χ2v) is 8.42. The zero-order chi connectivity index (χ0) is 21.5. The number of anilines is 1. The smallest absolute Gasteiger partial charge is 0.306 e. The maximum atomic E-state index is 12.5. The predicted molar refractivity (Wildman–Crippen MR) is 112 cm³/mol.